The molecule has 6 nitrogen and oxygen atoms in total. The average Bonchev–Trinajstić information content (AvgIpc) is 3.13. The summed E-state index contributed by atoms with van der Waals surface area (Å²) in [6.07, 6.45) is 3.23. The van der Waals surface area contributed by atoms with Crippen LogP contribution in [0.15, 0.2) is 54.6 Å². The summed E-state index contributed by atoms with van der Waals surface area (Å²) < 4.78 is 17.1. The highest BCUT2D eigenvalue weighted by Crippen LogP contribution is 2.31. The van der Waals surface area contributed by atoms with Crippen molar-refractivity contribution in [1.82, 2.24) is 4.90 Å². The molecule has 2 amide bonds. The summed E-state index contributed by atoms with van der Waals surface area (Å²) in [4.78, 5) is 27.5. The van der Waals surface area contributed by atoms with E-state index in [0.717, 1.165) is 36.0 Å². The molecule has 0 saturated carbocycles. The van der Waals surface area contributed by atoms with Crippen LogP contribution in [0.2, 0.25) is 0 Å². The van der Waals surface area contributed by atoms with E-state index in [9.17, 15) is 9.59 Å². The normalized spacial score (nSPS) is 23.2. The Kier molecular flexibility index (Phi) is 7.69. The molecule has 0 N–H and O–H groups in total. The van der Waals surface area contributed by atoms with E-state index in [0.29, 0.717) is 19.4 Å². The van der Waals surface area contributed by atoms with Crippen LogP contribution in [0.1, 0.15) is 52.0 Å². The number of ether oxygens (including phenoxy) is 3. The maximum absolute atomic E-state index is 13.2. The van der Waals surface area contributed by atoms with Crippen LogP contribution < -0.4 is 0 Å². The molecule has 0 aromatic heterocycles. The average molecular weight is 466 g/mol. The van der Waals surface area contributed by atoms with E-state index in [-0.39, 0.29) is 30.8 Å². The van der Waals surface area contributed by atoms with Gasteiger partial charge in [-0.2, -0.15) is 0 Å². The lowest BCUT2D eigenvalue weighted by Crippen LogP contribution is -2.43. The minimum atomic E-state index is -0.677. The van der Waals surface area contributed by atoms with E-state index in [1.807, 2.05) is 39.0 Å². The minimum Gasteiger partial charge on any atom is -0.443 e. The topological polar surface area (TPSA) is 65.1 Å². The molecule has 2 aliphatic heterocycles. The summed E-state index contributed by atoms with van der Waals surface area (Å²) in [5, 5.41) is 0. The van der Waals surface area contributed by atoms with Crippen LogP contribution >= 0.6 is 0 Å². The van der Waals surface area contributed by atoms with Gasteiger partial charge < -0.3 is 14.2 Å². The Labute approximate surface area is 202 Å². The minimum absolute atomic E-state index is 0.226. The van der Waals surface area contributed by atoms with E-state index >= 15 is 0 Å². The number of imide groups is 1. The van der Waals surface area contributed by atoms with Crippen molar-refractivity contribution in [2.45, 2.75) is 70.8 Å². The van der Waals surface area contributed by atoms with Gasteiger partial charge in [-0.1, -0.05) is 54.6 Å². The van der Waals surface area contributed by atoms with Crippen LogP contribution in [-0.4, -0.2) is 48.0 Å². The Bertz CT molecular complexity index is 961. The van der Waals surface area contributed by atoms with E-state index < -0.39 is 11.7 Å². The summed E-state index contributed by atoms with van der Waals surface area (Å²) in [5.41, 5.74) is 2.68. The Morgan fingerprint density at radius 3 is 2.38 bits per heavy atom. The van der Waals surface area contributed by atoms with Gasteiger partial charge in [-0.25, -0.2) is 9.69 Å². The summed E-state index contributed by atoms with van der Waals surface area (Å²) >= 11 is 0. The molecule has 182 valence electrons. The second-order valence-electron chi connectivity index (χ2n) is 10.2. The van der Waals surface area contributed by atoms with Crippen molar-refractivity contribution in [2.24, 2.45) is 5.92 Å². The van der Waals surface area contributed by atoms with E-state index in [2.05, 4.69) is 36.4 Å². The molecule has 0 bridgehead atoms. The monoisotopic (exact) mass is 465 g/mol. The zero-order valence-corrected chi connectivity index (χ0v) is 20.4. The standard InChI is InChI=1S/C28H35NO5/c1-28(2,3)34-27(31)29-24(18-23(26(29)30)19-33-25-11-7-8-16-32-25)17-20-12-14-22(15-13-20)21-9-5-4-6-10-21/h4-6,9-10,12-15,23-25H,7-8,11,16-19H2,1-3H3/t23-,24+,25?/m0/s1. The second kappa shape index (κ2) is 10.7. The van der Waals surface area contributed by atoms with Crippen molar-refractivity contribution >= 4 is 12.0 Å². The molecule has 2 aromatic carbocycles. The van der Waals surface area contributed by atoms with E-state index in [4.69, 9.17) is 14.2 Å². The molecule has 0 aliphatic carbocycles. The summed E-state index contributed by atoms with van der Waals surface area (Å²) in [7, 11) is 0. The van der Waals surface area contributed by atoms with Gasteiger partial charge in [-0.15, -0.1) is 0 Å². The van der Waals surface area contributed by atoms with Gasteiger partial charge in [-0.05, 0) is 69.6 Å². The molecular weight excluding hydrogens is 430 g/mol. The highest BCUT2D eigenvalue weighted by Gasteiger charge is 2.45. The van der Waals surface area contributed by atoms with Crippen molar-refractivity contribution in [1.29, 1.82) is 0 Å². The molecule has 2 fully saturated rings. The number of hydrogen-bond acceptors (Lipinski definition) is 5. The number of carbonyl (C=O) groups excluding carboxylic acids is 2. The van der Waals surface area contributed by atoms with Gasteiger partial charge in [0.25, 0.3) is 0 Å². The molecule has 2 saturated heterocycles. The van der Waals surface area contributed by atoms with Gasteiger partial charge in [-0.3, -0.25) is 4.79 Å². The number of amides is 2. The van der Waals surface area contributed by atoms with E-state index in [1.165, 1.54) is 4.90 Å². The summed E-state index contributed by atoms with van der Waals surface area (Å²) in [5.74, 6) is -0.609. The third kappa shape index (κ3) is 6.24. The van der Waals surface area contributed by atoms with Crippen LogP contribution in [0, 0.1) is 5.92 Å². The molecular formula is C28H35NO5. The first-order valence-corrected chi connectivity index (χ1v) is 12.2. The lowest BCUT2D eigenvalue weighted by molar-refractivity contribution is -0.171. The first-order valence-electron chi connectivity index (χ1n) is 12.2. The van der Waals surface area contributed by atoms with Gasteiger partial charge in [0.15, 0.2) is 6.29 Å². The van der Waals surface area contributed by atoms with Gasteiger partial charge in [0.2, 0.25) is 5.91 Å². The fraction of sp³-hybridized carbons (Fsp3) is 0.500. The van der Waals surface area contributed by atoms with Crippen molar-refractivity contribution in [2.75, 3.05) is 13.2 Å². The SMILES string of the molecule is CC(C)(C)OC(=O)N1C(=O)[C@H](COC2CCCCO2)C[C@H]1Cc1ccc(-c2ccccc2)cc1. The largest absolute Gasteiger partial charge is 0.443 e. The molecule has 1 unspecified atom stereocenters. The number of benzene rings is 2. The van der Waals surface area contributed by atoms with Crippen molar-refractivity contribution in [3.05, 3.63) is 60.2 Å². The zero-order valence-electron chi connectivity index (χ0n) is 20.4. The predicted octanol–water partition coefficient (Wildman–Crippen LogP) is 5.59. The van der Waals surface area contributed by atoms with E-state index in [1.54, 1.807) is 0 Å². The highest BCUT2D eigenvalue weighted by atomic mass is 16.7. The van der Waals surface area contributed by atoms with Gasteiger partial charge >= 0.3 is 6.09 Å². The molecule has 34 heavy (non-hydrogen) atoms. The van der Waals surface area contributed by atoms with Crippen molar-refractivity contribution in [3.63, 3.8) is 0 Å². The van der Waals surface area contributed by atoms with Gasteiger partial charge in [0.1, 0.15) is 5.60 Å². The Morgan fingerprint density at radius 2 is 1.74 bits per heavy atom. The molecule has 0 radical (unpaired) electrons. The first-order chi connectivity index (χ1) is 16.3. The lowest BCUT2D eigenvalue weighted by Gasteiger charge is -2.27. The molecule has 2 heterocycles. The number of hydrogen-bond donors (Lipinski definition) is 0. The number of rotatable bonds is 6. The summed E-state index contributed by atoms with van der Waals surface area (Å²) in [6, 6.07) is 18.2. The van der Waals surface area contributed by atoms with Gasteiger partial charge in [0, 0.05) is 12.6 Å². The second-order valence-corrected chi connectivity index (χ2v) is 10.2. The third-order valence-electron chi connectivity index (χ3n) is 6.25. The molecule has 0 spiro atoms. The molecule has 3 atom stereocenters. The number of nitrogens with zero attached hydrogens (tertiary/aromatic N) is 1. The van der Waals surface area contributed by atoms with Crippen LogP contribution in [0.25, 0.3) is 11.1 Å². The highest BCUT2D eigenvalue weighted by molar-refractivity contribution is 5.95. The van der Waals surface area contributed by atoms with Crippen LogP contribution in [0.4, 0.5) is 4.79 Å². The molecule has 2 aliphatic rings. The third-order valence-corrected chi connectivity index (χ3v) is 6.25. The van der Waals surface area contributed by atoms with Crippen LogP contribution in [-0.2, 0) is 25.4 Å². The first kappa shape index (κ1) is 24.4. The Balaban J connectivity index is 1.46. The van der Waals surface area contributed by atoms with Gasteiger partial charge in [0.05, 0.1) is 12.5 Å². The number of carbonyl (C=O) groups is 2. The molecule has 2 aromatic rings. The maximum atomic E-state index is 13.2. The maximum Gasteiger partial charge on any atom is 0.417 e. The molecule has 4 rings (SSSR count). The Morgan fingerprint density at radius 1 is 1.03 bits per heavy atom. The number of likely N-dealkylation sites (tertiary alicyclic amines) is 1. The fourth-order valence-electron chi connectivity index (χ4n) is 4.58. The predicted molar refractivity (Wildman–Crippen MR) is 130 cm³/mol. The van der Waals surface area contributed by atoms with Crippen molar-refractivity contribution in [3.8, 4) is 11.1 Å². The van der Waals surface area contributed by atoms with Crippen LogP contribution in [0.3, 0.4) is 0 Å². The lowest BCUT2D eigenvalue weighted by atomic mass is 9.98. The summed E-state index contributed by atoms with van der Waals surface area (Å²) in [6.45, 7) is 6.37. The van der Waals surface area contributed by atoms with Crippen molar-refractivity contribution < 1.29 is 23.8 Å². The zero-order chi connectivity index (χ0) is 24.1. The molecule has 6 heteroatoms. The smallest absolute Gasteiger partial charge is 0.417 e. The quantitative estimate of drug-likeness (QED) is 0.556. The Hall–Kier alpha value is -2.70. The van der Waals surface area contributed by atoms with Crippen LogP contribution in [0.5, 0.6) is 0 Å². The fourth-order valence-corrected chi connectivity index (χ4v) is 4.58.